The van der Waals surface area contributed by atoms with Crippen LogP contribution >= 0.6 is 0 Å². The van der Waals surface area contributed by atoms with Crippen LogP contribution in [0, 0.1) is 0 Å². The Morgan fingerprint density at radius 3 is 2.62 bits per heavy atom. The molecule has 150 valence electrons. The van der Waals surface area contributed by atoms with Crippen LogP contribution in [-0.2, 0) is 0 Å². The maximum atomic E-state index is 12.3. The summed E-state index contributed by atoms with van der Waals surface area (Å²) < 4.78 is 10.6. The number of hydrogen-bond acceptors (Lipinski definition) is 6. The molecule has 3 aromatic rings. The van der Waals surface area contributed by atoms with E-state index in [9.17, 15) is 9.90 Å². The normalized spacial score (nSPS) is 15.9. The van der Waals surface area contributed by atoms with Crippen LogP contribution < -0.4 is 10.4 Å². The smallest absolute Gasteiger partial charge is 0.348 e. The molecule has 29 heavy (non-hydrogen) atoms. The molecule has 1 aliphatic rings. The third-order valence-electron chi connectivity index (χ3n) is 5.40. The van der Waals surface area contributed by atoms with E-state index in [0.29, 0.717) is 17.5 Å². The Balaban J connectivity index is 1.61. The predicted octanol–water partition coefficient (Wildman–Crippen LogP) is 3.76. The quantitative estimate of drug-likeness (QED) is 0.511. The van der Waals surface area contributed by atoms with E-state index in [4.69, 9.17) is 9.15 Å². The molecule has 0 bridgehead atoms. The van der Waals surface area contributed by atoms with Crippen molar-refractivity contribution in [3.63, 3.8) is 0 Å². The zero-order chi connectivity index (χ0) is 20.2. The monoisotopic (exact) mass is 392 g/mol. The van der Waals surface area contributed by atoms with E-state index < -0.39 is 5.63 Å². The van der Waals surface area contributed by atoms with Gasteiger partial charge in [0.1, 0.15) is 22.6 Å². The van der Waals surface area contributed by atoms with Gasteiger partial charge in [-0.1, -0.05) is 24.3 Å². The SMILES string of the molecule is COc1ccc(C(CN=Cc2c(O)c3ccccc3oc2=O)N2CCCC2)cc1. The summed E-state index contributed by atoms with van der Waals surface area (Å²) in [5.74, 6) is 0.721. The Bertz CT molecular complexity index is 1070. The lowest BCUT2D eigenvalue weighted by atomic mass is 10.1. The summed E-state index contributed by atoms with van der Waals surface area (Å²) in [7, 11) is 1.65. The van der Waals surface area contributed by atoms with Gasteiger partial charge in [-0.2, -0.15) is 0 Å². The molecule has 0 spiro atoms. The number of methoxy groups -OCH3 is 1. The Morgan fingerprint density at radius 1 is 1.17 bits per heavy atom. The highest BCUT2D eigenvalue weighted by Crippen LogP contribution is 2.28. The van der Waals surface area contributed by atoms with E-state index in [1.807, 2.05) is 12.1 Å². The minimum absolute atomic E-state index is 0.0820. The van der Waals surface area contributed by atoms with Crippen molar-refractivity contribution in [3.05, 3.63) is 70.1 Å². The molecule has 6 heteroatoms. The van der Waals surface area contributed by atoms with Gasteiger partial charge in [0.05, 0.1) is 25.1 Å². The fourth-order valence-corrected chi connectivity index (χ4v) is 3.82. The summed E-state index contributed by atoms with van der Waals surface area (Å²) in [6, 6.07) is 15.0. The number of hydrogen-bond donors (Lipinski definition) is 1. The average molecular weight is 392 g/mol. The Labute approximate surface area is 169 Å². The first-order valence-electron chi connectivity index (χ1n) is 9.80. The number of aliphatic imine (C=N–C) groups is 1. The second-order valence-electron chi connectivity index (χ2n) is 7.17. The van der Waals surface area contributed by atoms with Gasteiger partial charge >= 0.3 is 5.63 Å². The number of benzene rings is 2. The second-order valence-corrected chi connectivity index (χ2v) is 7.17. The van der Waals surface area contributed by atoms with Crippen molar-refractivity contribution >= 4 is 17.2 Å². The maximum Gasteiger partial charge on any atom is 0.348 e. The van der Waals surface area contributed by atoms with E-state index >= 15 is 0 Å². The molecule has 6 nitrogen and oxygen atoms in total. The molecule has 0 aliphatic carbocycles. The van der Waals surface area contributed by atoms with Gasteiger partial charge in [0, 0.05) is 6.21 Å². The summed E-state index contributed by atoms with van der Waals surface area (Å²) in [4.78, 5) is 19.2. The van der Waals surface area contributed by atoms with Gasteiger partial charge in [-0.25, -0.2) is 4.79 Å². The van der Waals surface area contributed by atoms with Crippen LogP contribution in [0.3, 0.4) is 0 Å². The number of para-hydroxylation sites is 1. The van der Waals surface area contributed by atoms with Crippen LogP contribution in [0.5, 0.6) is 11.5 Å². The first-order valence-corrected chi connectivity index (χ1v) is 9.80. The highest BCUT2D eigenvalue weighted by Gasteiger charge is 2.23. The van der Waals surface area contributed by atoms with Gasteiger partial charge in [-0.15, -0.1) is 0 Å². The molecule has 0 radical (unpaired) electrons. The van der Waals surface area contributed by atoms with Crippen LogP contribution in [-0.4, -0.2) is 43.0 Å². The van der Waals surface area contributed by atoms with Crippen LogP contribution in [0.4, 0.5) is 0 Å². The second kappa shape index (κ2) is 8.49. The first kappa shape index (κ1) is 19.2. The molecule has 1 aromatic heterocycles. The molecule has 0 saturated carbocycles. The zero-order valence-corrected chi connectivity index (χ0v) is 16.4. The Morgan fingerprint density at radius 2 is 1.90 bits per heavy atom. The van der Waals surface area contributed by atoms with Crippen molar-refractivity contribution in [2.75, 3.05) is 26.7 Å². The molecule has 1 unspecified atom stereocenters. The lowest BCUT2D eigenvalue weighted by molar-refractivity contribution is 0.252. The fourth-order valence-electron chi connectivity index (χ4n) is 3.82. The van der Waals surface area contributed by atoms with Crippen molar-refractivity contribution < 1.29 is 14.3 Å². The lowest BCUT2D eigenvalue weighted by Gasteiger charge is -2.26. The standard InChI is InChI=1S/C23H24N2O4/c1-28-17-10-8-16(9-11-17)20(25-12-4-5-13-25)15-24-14-19-22(26)18-6-2-3-7-21(18)29-23(19)27/h2-3,6-11,14,20,26H,4-5,12-13,15H2,1H3. The van der Waals surface area contributed by atoms with Gasteiger partial charge in [-0.3, -0.25) is 9.89 Å². The number of aromatic hydroxyl groups is 1. The Kier molecular flexibility index (Phi) is 5.62. The molecule has 2 aromatic carbocycles. The van der Waals surface area contributed by atoms with E-state index in [0.717, 1.165) is 24.4 Å². The van der Waals surface area contributed by atoms with Crippen molar-refractivity contribution in [3.8, 4) is 11.5 Å². The third-order valence-corrected chi connectivity index (χ3v) is 5.40. The van der Waals surface area contributed by atoms with Gasteiger partial charge < -0.3 is 14.3 Å². The molecule has 0 amide bonds. The first-order chi connectivity index (χ1) is 14.2. The molecule has 1 saturated heterocycles. The fraction of sp³-hybridized carbons (Fsp3) is 0.304. The van der Waals surface area contributed by atoms with Gasteiger partial charge in [0.15, 0.2) is 0 Å². The molecular weight excluding hydrogens is 368 g/mol. The van der Waals surface area contributed by atoms with E-state index in [1.54, 1.807) is 31.4 Å². The average Bonchev–Trinajstić information content (AvgIpc) is 3.28. The number of fused-ring (bicyclic) bond motifs is 1. The maximum absolute atomic E-state index is 12.3. The minimum atomic E-state index is -0.591. The Hall–Kier alpha value is -3.12. The minimum Gasteiger partial charge on any atom is -0.506 e. The lowest BCUT2D eigenvalue weighted by Crippen LogP contribution is -2.27. The molecule has 1 fully saturated rings. The summed E-state index contributed by atoms with van der Waals surface area (Å²) in [6.45, 7) is 2.53. The van der Waals surface area contributed by atoms with Gasteiger partial charge in [-0.05, 0) is 55.8 Å². The van der Waals surface area contributed by atoms with Crippen LogP contribution in [0.25, 0.3) is 11.0 Å². The third kappa shape index (κ3) is 4.03. The van der Waals surface area contributed by atoms with Crippen LogP contribution in [0.15, 0.2) is 62.7 Å². The topological polar surface area (TPSA) is 75.3 Å². The van der Waals surface area contributed by atoms with Gasteiger partial charge in [0.25, 0.3) is 0 Å². The highest BCUT2D eigenvalue weighted by molar-refractivity contribution is 5.93. The molecule has 4 rings (SSSR count). The number of ether oxygens (including phenoxy) is 1. The number of nitrogens with zero attached hydrogens (tertiary/aromatic N) is 2. The largest absolute Gasteiger partial charge is 0.506 e. The molecule has 1 aliphatic heterocycles. The van der Waals surface area contributed by atoms with Crippen molar-refractivity contribution in [1.29, 1.82) is 0 Å². The number of likely N-dealkylation sites (tertiary alicyclic amines) is 1. The molecule has 1 atom stereocenters. The van der Waals surface area contributed by atoms with Crippen molar-refractivity contribution in [2.45, 2.75) is 18.9 Å². The summed E-state index contributed by atoms with van der Waals surface area (Å²) in [5.41, 5.74) is 1.01. The van der Waals surface area contributed by atoms with Crippen LogP contribution in [0.2, 0.25) is 0 Å². The zero-order valence-electron chi connectivity index (χ0n) is 16.4. The summed E-state index contributed by atoms with van der Waals surface area (Å²) >= 11 is 0. The molecular formula is C23H24N2O4. The summed E-state index contributed by atoms with van der Waals surface area (Å²) in [5, 5.41) is 11.0. The van der Waals surface area contributed by atoms with Crippen LogP contribution in [0.1, 0.15) is 30.0 Å². The van der Waals surface area contributed by atoms with Gasteiger partial charge in [0.2, 0.25) is 0 Å². The molecule has 2 heterocycles. The predicted molar refractivity (Wildman–Crippen MR) is 113 cm³/mol. The highest BCUT2D eigenvalue weighted by atomic mass is 16.5. The molecule has 1 N–H and O–H groups in total. The van der Waals surface area contributed by atoms with E-state index in [2.05, 4.69) is 22.0 Å². The van der Waals surface area contributed by atoms with E-state index in [1.165, 1.54) is 19.1 Å². The van der Waals surface area contributed by atoms with E-state index in [-0.39, 0.29) is 17.4 Å². The van der Waals surface area contributed by atoms with Crippen molar-refractivity contribution in [1.82, 2.24) is 4.90 Å². The number of rotatable bonds is 6. The van der Waals surface area contributed by atoms with Crippen molar-refractivity contribution in [2.24, 2.45) is 4.99 Å². The summed E-state index contributed by atoms with van der Waals surface area (Å²) in [6.07, 6.45) is 3.77.